The van der Waals surface area contributed by atoms with E-state index in [0.717, 1.165) is 6.07 Å². The lowest BCUT2D eigenvalue weighted by Gasteiger charge is -2.14. The van der Waals surface area contributed by atoms with E-state index in [0.29, 0.717) is 0 Å². The van der Waals surface area contributed by atoms with Crippen molar-refractivity contribution in [1.29, 1.82) is 0 Å². The lowest BCUT2D eigenvalue weighted by Crippen LogP contribution is -2.35. The molecule has 2 N–H and O–H groups in total. The summed E-state index contributed by atoms with van der Waals surface area (Å²) in [6.07, 6.45) is 0. The topological polar surface area (TPSA) is 43.1 Å². The molecule has 0 bridgehead atoms. The van der Waals surface area contributed by atoms with Gasteiger partial charge in [-0.3, -0.25) is 4.79 Å². The summed E-state index contributed by atoms with van der Waals surface area (Å²) in [4.78, 5) is 11.8. The number of benzene rings is 1. The summed E-state index contributed by atoms with van der Waals surface area (Å²) in [6.45, 7) is 3.66. The van der Waals surface area contributed by atoms with E-state index >= 15 is 0 Å². The number of rotatable bonds is 3. The molecule has 0 amide bonds. The average molecular weight is 230 g/mol. The van der Waals surface area contributed by atoms with E-state index < -0.39 is 11.9 Å². The minimum absolute atomic E-state index is 0.00293. The minimum atomic E-state index is -0.649. The van der Waals surface area contributed by atoms with Crippen LogP contribution in [0.4, 0.5) is 4.39 Å². The van der Waals surface area contributed by atoms with Crippen molar-refractivity contribution in [3.63, 3.8) is 0 Å². The van der Waals surface area contributed by atoms with Crippen LogP contribution in [-0.4, -0.2) is 11.8 Å². The number of carbonyl (C=O) groups excluding carboxylic acids is 1. The fourth-order valence-corrected chi connectivity index (χ4v) is 1.38. The van der Waals surface area contributed by atoms with Crippen LogP contribution in [0.1, 0.15) is 24.2 Å². The van der Waals surface area contributed by atoms with Gasteiger partial charge in [-0.15, -0.1) is 0 Å². The van der Waals surface area contributed by atoms with Gasteiger partial charge in [0.05, 0.1) is 11.1 Å². The van der Waals surface area contributed by atoms with E-state index in [2.05, 4.69) is 0 Å². The molecule has 0 saturated carbocycles. The van der Waals surface area contributed by atoms with Crippen LogP contribution in [0.2, 0.25) is 5.02 Å². The number of nitrogens with two attached hydrogens (primary N) is 1. The molecular weight excluding hydrogens is 217 g/mol. The molecule has 1 rings (SSSR count). The standard InChI is InChI=1S/C11H13ClFNO/c1-6(2)10(14)11(15)8-5-7(13)3-4-9(8)12/h3-6,10H,14H2,1-2H3. The van der Waals surface area contributed by atoms with E-state index in [4.69, 9.17) is 17.3 Å². The molecule has 1 aromatic rings. The Labute approximate surface area is 93.2 Å². The lowest BCUT2D eigenvalue weighted by molar-refractivity contribution is 0.0940. The van der Waals surface area contributed by atoms with Crippen LogP contribution in [0, 0.1) is 11.7 Å². The van der Waals surface area contributed by atoms with Crippen molar-refractivity contribution in [3.8, 4) is 0 Å². The smallest absolute Gasteiger partial charge is 0.181 e. The molecular formula is C11H13ClFNO. The predicted octanol–water partition coefficient (Wildman–Crippen LogP) is 2.65. The van der Waals surface area contributed by atoms with Gasteiger partial charge in [0.2, 0.25) is 0 Å². The fraction of sp³-hybridized carbons (Fsp3) is 0.364. The Hall–Kier alpha value is -0.930. The molecule has 0 fully saturated rings. The molecule has 0 saturated heterocycles. The second-order valence-corrected chi connectivity index (χ2v) is 4.17. The number of Topliss-reactive ketones (excluding diaryl/α,β-unsaturated/α-hetero) is 1. The molecule has 0 spiro atoms. The Morgan fingerprint density at radius 3 is 2.60 bits per heavy atom. The van der Waals surface area contributed by atoms with Crippen molar-refractivity contribution in [2.45, 2.75) is 19.9 Å². The summed E-state index contributed by atoms with van der Waals surface area (Å²) in [5, 5.41) is 0.234. The molecule has 1 atom stereocenters. The van der Waals surface area contributed by atoms with Crippen LogP contribution in [0.3, 0.4) is 0 Å². The molecule has 15 heavy (non-hydrogen) atoms. The summed E-state index contributed by atoms with van der Waals surface area (Å²) in [6, 6.07) is 3.04. The van der Waals surface area contributed by atoms with Crippen molar-refractivity contribution in [2.24, 2.45) is 11.7 Å². The van der Waals surface area contributed by atoms with E-state index in [1.165, 1.54) is 12.1 Å². The zero-order valence-corrected chi connectivity index (χ0v) is 9.38. The van der Waals surface area contributed by atoms with Gasteiger partial charge in [-0.25, -0.2) is 4.39 Å². The lowest BCUT2D eigenvalue weighted by atomic mass is 9.96. The minimum Gasteiger partial charge on any atom is -0.321 e. The number of ketones is 1. The van der Waals surface area contributed by atoms with Crippen LogP contribution in [0.5, 0.6) is 0 Å². The normalized spacial score (nSPS) is 12.9. The average Bonchev–Trinajstić information content (AvgIpc) is 2.19. The highest BCUT2D eigenvalue weighted by Gasteiger charge is 2.21. The largest absolute Gasteiger partial charge is 0.321 e. The van der Waals surface area contributed by atoms with Crippen molar-refractivity contribution < 1.29 is 9.18 Å². The van der Waals surface area contributed by atoms with Gasteiger partial charge in [-0.05, 0) is 24.1 Å². The Kier molecular flexibility index (Phi) is 3.83. The SMILES string of the molecule is CC(C)C(N)C(=O)c1cc(F)ccc1Cl. The molecule has 0 aromatic heterocycles. The van der Waals surface area contributed by atoms with Gasteiger partial charge >= 0.3 is 0 Å². The van der Waals surface area contributed by atoms with E-state index in [9.17, 15) is 9.18 Å². The maximum atomic E-state index is 12.9. The van der Waals surface area contributed by atoms with Gasteiger partial charge in [-0.2, -0.15) is 0 Å². The van der Waals surface area contributed by atoms with Crippen LogP contribution >= 0.6 is 11.6 Å². The quantitative estimate of drug-likeness (QED) is 0.810. The third-order valence-corrected chi connectivity index (χ3v) is 2.54. The molecule has 0 aliphatic heterocycles. The zero-order valence-electron chi connectivity index (χ0n) is 8.63. The van der Waals surface area contributed by atoms with Crippen LogP contribution in [0.15, 0.2) is 18.2 Å². The summed E-state index contributed by atoms with van der Waals surface area (Å²) >= 11 is 5.80. The predicted molar refractivity (Wildman–Crippen MR) is 58.6 cm³/mol. The molecule has 4 heteroatoms. The fourth-order valence-electron chi connectivity index (χ4n) is 1.17. The summed E-state index contributed by atoms with van der Waals surface area (Å²) in [5.74, 6) is -0.815. The molecule has 1 unspecified atom stereocenters. The third kappa shape index (κ3) is 2.76. The van der Waals surface area contributed by atoms with Crippen LogP contribution in [-0.2, 0) is 0 Å². The number of carbonyl (C=O) groups is 1. The van der Waals surface area contributed by atoms with Gasteiger partial charge < -0.3 is 5.73 Å². The van der Waals surface area contributed by atoms with E-state index in [1.807, 2.05) is 13.8 Å². The van der Waals surface area contributed by atoms with Gasteiger partial charge in [0.1, 0.15) is 5.82 Å². The number of halogens is 2. The Morgan fingerprint density at radius 1 is 1.47 bits per heavy atom. The highest BCUT2D eigenvalue weighted by atomic mass is 35.5. The molecule has 1 aromatic carbocycles. The first-order valence-electron chi connectivity index (χ1n) is 4.68. The van der Waals surface area contributed by atoms with Crippen LogP contribution < -0.4 is 5.73 Å². The van der Waals surface area contributed by atoms with Gasteiger partial charge in [0.25, 0.3) is 0 Å². The monoisotopic (exact) mass is 229 g/mol. The first-order chi connectivity index (χ1) is 6.93. The second-order valence-electron chi connectivity index (χ2n) is 3.76. The molecule has 0 heterocycles. The summed E-state index contributed by atoms with van der Waals surface area (Å²) in [5.41, 5.74) is 5.83. The summed E-state index contributed by atoms with van der Waals surface area (Å²) in [7, 11) is 0. The second kappa shape index (κ2) is 4.73. The number of hydrogen-bond donors (Lipinski definition) is 1. The highest BCUT2D eigenvalue weighted by Crippen LogP contribution is 2.19. The Morgan fingerprint density at radius 2 is 2.07 bits per heavy atom. The molecule has 2 nitrogen and oxygen atoms in total. The maximum Gasteiger partial charge on any atom is 0.181 e. The van der Waals surface area contributed by atoms with E-state index in [1.54, 1.807) is 0 Å². The number of hydrogen-bond acceptors (Lipinski definition) is 2. The third-order valence-electron chi connectivity index (χ3n) is 2.21. The van der Waals surface area contributed by atoms with Crippen LogP contribution in [0.25, 0.3) is 0 Å². The first-order valence-corrected chi connectivity index (χ1v) is 5.06. The van der Waals surface area contributed by atoms with Gasteiger partial charge in [0, 0.05) is 5.56 Å². The van der Waals surface area contributed by atoms with Crippen molar-refractivity contribution in [1.82, 2.24) is 0 Å². The molecule has 0 aliphatic rings. The van der Waals surface area contributed by atoms with Crippen molar-refractivity contribution in [3.05, 3.63) is 34.6 Å². The highest BCUT2D eigenvalue weighted by molar-refractivity contribution is 6.34. The molecule has 0 aliphatic carbocycles. The summed E-state index contributed by atoms with van der Waals surface area (Å²) < 4.78 is 12.9. The van der Waals surface area contributed by atoms with Gasteiger partial charge in [0.15, 0.2) is 5.78 Å². The van der Waals surface area contributed by atoms with Crippen molar-refractivity contribution in [2.75, 3.05) is 0 Å². The molecule has 82 valence electrons. The Bertz CT molecular complexity index is 379. The zero-order chi connectivity index (χ0) is 11.6. The maximum absolute atomic E-state index is 12.9. The Balaban J connectivity index is 3.05. The van der Waals surface area contributed by atoms with Gasteiger partial charge in [-0.1, -0.05) is 25.4 Å². The molecule has 0 radical (unpaired) electrons. The van der Waals surface area contributed by atoms with Crippen molar-refractivity contribution >= 4 is 17.4 Å². The first kappa shape index (κ1) is 12.1. The van der Waals surface area contributed by atoms with E-state index in [-0.39, 0.29) is 22.3 Å².